The molecule has 348 valence electrons. The zero-order valence-electron chi connectivity index (χ0n) is 41.9. The van der Waals surface area contributed by atoms with E-state index in [-0.39, 0.29) is 17.5 Å². The van der Waals surface area contributed by atoms with Gasteiger partial charge in [-0.05, 0) is 129 Å². The van der Waals surface area contributed by atoms with Crippen molar-refractivity contribution in [1.82, 2.24) is 0 Å². The Bertz CT molecular complexity index is 1280. The number of carbonyl (C=O) groups is 1. The predicted molar refractivity (Wildman–Crippen MR) is 260 cm³/mol. The highest BCUT2D eigenvalue weighted by Crippen LogP contribution is 2.77. The van der Waals surface area contributed by atoms with Crippen molar-refractivity contribution in [3.63, 3.8) is 0 Å². The van der Waals surface area contributed by atoms with Crippen LogP contribution in [0.3, 0.4) is 0 Å². The van der Waals surface area contributed by atoms with Crippen molar-refractivity contribution in [3.05, 3.63) is 12.2 Å². The molecule has 5 aliphatic rings. The highest BCUT2D eigenvalue weighted by molar-refractivity contribution is 5.69. The molecule has 5 saturated carbocycles. The lowest BCUT2D eigenvalue weighted by Crippen LogP contribution is -2.66. The average Bonchev–Trinajstić information content (AvgIpc) is 3.57. The fraction of sp³-hybridized carbons (Fsp3) is 0.948. The van der Waals surface area contributed by atoms with Gasteiger partial charge in [-0.2, -0.15) is 0 Å². The van der Waals surface area contributed by atoms with E-state index in [1.54, 1.807) is 0 Å². The Balaban J connectivity index is 0.890. The van der Waals surface area contributed by atoms with E-state index in [0.29, 0.717) is 34.0 Å². The Kier molecular flexibility index (Phi) is 19.6. The maximum Gasteiger partial charge on any atom is 0.306 e. The summed E-state index contributed by atoms with van der Waals surface area (Å²) in [6.45, 7) is 25.0. The average molecular weight is 833 g/mol. The molecule has 10 atom stereocenters. The minimum absolute atomic E-state index is 0.0370. The van der Waals surface area contributed by atoms with Crippen LogP contribution in [-0.2, 0) is 9.53 Å². The van der Waals surface area contributed by atoms with Crippen molar-refractivity contribution >= 4 is 5.97 Å². The lowest BCUT2D eigenvalue weighted by Gasteiger charge is -2.73. The third-order valence-electron chi connectivity index (χ3n) is 20.2. The van der Waals surface area contributed by atoms with Gasteiger partial charge < -0.3 is 4.74 Å². The van der Waals surface area contributed by atoms with E-state index in [9.17, 15) is 4.79 Å². The fourth-order valence-corrected chi connectivity index (χ4v) is 16.3. The van der Waals surface area contributed by atoms with E-state index < -0.39 is 0 Å². The number of allylic oxidation sites excluding steroid dienone is 1. The number of unbranched alkanes of at least 4 members (excludes halogenated alkanes) is 24. The quantitative estimate of drug-likeness (QED) is 0.0446. The highest BCUT2D eigenvalue weighted by atomic mass is 16.5. The van der Waals surface area contributed by atoms with E-state index in [1.165, 1.54) is 217 Å². The van der Waals surface area contributed by atoms with Crippen LogP contribution in [0.5, 0.6) is 0 Å². The molecule has 60 heavy (non-hydrogen) atoms. The van der Waals surface area contributed by atoms with Crippen molar-refractivity contribution in [3.8, 4) is 0 Å². The van der Waals surface area contributed by atoms with E-state index in [0.717, 1.165) is 36.5 Å². The van der Waals surface area contributed by atoms with Gasteiger partial charge in [0.1, 0.15) is 6.10 Å². The van der Waals surface area contributed by atoms with Crippen LogP contribution in [0.2, 0.25) is 0 Å². The number of fused-ring (bicyclic) bond motifs is 7. The van der Waals surface area contributed by atoms with E-state index >= 15 is 0 Å². The molecule has 5 fully saturated rings. The first-order valence-electron chi connectivity index (χ1n) is 27.6. The molecule has 0 aromatic rings. The molecule has 0 bridgehead atoms. The van der Waals surface area contributed by atoms with Crippen LogP contribution in [0, 0.1) is 56.7 Å². The Morgan fingerprint density at radius 2 is 1.00 bits per heavy atom. The first-order chi connectivity index (χ1) is 28.7. The molecule has 0 aliphatic heterocycles. The first-order valence-corrected chi connectivity index (χ1v) is 27.6. The largest absolute Gasteiger partial charge is 0.462 e. The smallest absolute Gasteiger partial charge is 0.306 e. The molecule has 2 heteroatoms. The minimum atomic E-state index is 0.0370. The summed E-state index contributed by atoms with van der Waals surface area (Å²) in [5, 5.41) is 0. The summed E-state index contributed by atoms with van der Waals surface area (Å²) in [5.41, 5.74) is 3.17. The van der Waals surface area contributed by atoms with Crippen molar-refractivity contribution in [1.29, 1.82) is 0 Å². The Labute approximate surface area is 375 Å². The summed E-state index contributed by atoms with van der Waals surface area (Å²) in [6, 6.07) is 0. The van der Waals surface area contributed by atoms with Crippen LogP contribution in [-0.4, -0.2) is 12.1 Å². The highest BCUT2D eigenvalue weighted by Gasteiger charge is 2.70. The van der Waals surface area contributed by atoms with Gasteiger partial charge >= 0.3 is 5.97 Å². The molecule has 2 nitrogen and oxygen atoms in total. The molecule has 0 radical (unpaired) electrons. The number of hydrogen-bond acceptors (Lipinski definition) is 2. The van der Waals surface area contributed by atoms with Crippen LogP contribution in [0.15, 0.2) is 12.2 Å². The van der Waals surface area contributed by atoms with Crippen LogP contribution < -0.4 is 0 Å². The zero-order valence-corrected chi connectivity index (χ0v) is 41.9. The monoisotopic (exact) mass is 833 g/mol. The molecule has 0 unspecified atom stereocenters. The lowest BCUT2D eigenvalue weighted by molar-refractivity contribution is -0.249. The van der Waals surface area contributed by atoms with E-state index in [4.69, 9.17) is 4.74 Å². The molecule has 0 aromatic heterocycles. The standard InChI is InChI=1S/C58H104O2/c1-10-11-12-13-14-15-16-17-18-19-20-21-22-23-24-25-26-27-28-29-30-31-32-33-34-35-52(59)60-51-40-42-56(7)49(54(51,4)5)39-43-58(9)50(56)37-36-48-53-47(46(2)3)38-41-55(53,6)44-45-57(48,58)8/h47-51,53H,2,10-45H2,1,3-9H3/t47-,48+,49-,50+,51-,53+,55+,56-,57+,58+/m0/s1. The summed E-state index contributed by atoms with van der Waals surface area (Å²) >= 11 is 0. The van der Waals surface area contributed by atoms with Crippen LogP contribution in [0.4, 0.5) is 0 Å². The summed E-state index contributed by atoms with van der Waals surface area (Å²) < 4.78 is 6.47. The number of esters is 1. The maximum atomic E-state index is 13.3. The van der Waals surface area contributed by atoms with Gasteiger partial charge in [0.2, 0.25) is 0 Å². The van der Waals surface area contributed by atoms with Gasteiger partial charge in [-0.15, -0.1) is 0 Å². The molecule has 5 aliphatic carbocycles. The first kappa shape index (κ1) is 50.2. The van der Waals surface area contributed by atoms with Crippen LogP contribution >= 0.6 is 0 Å². The minimum Gasteiger partial charge on any atom is -0.462 e. The predicted octanol–water partition coefficient (Wildman–Crippen LogP) is 18.7. The Hall–Kier alpha value is -0.790. The zero-order chi connectivity index (χ0) is 43.3. The van der Waals surface area contributed by atoms with Gasteiger partial charge in [0, 0.05) is 11.8 Å². The van der Waals surface area contributed by atoms with Crippen molar-refractivity contribution < 1.29 is 9.53 Å². The molecule has 5 rings (SSSR count). The van der Waals surface area contributed by atoms with Gasteiger partial charge in [0.05, 0.1) is 0 Å². The Morgan fingerprint density at radius 3 is 1.48 bits per heavy atom. The van der Waals surface area contributed by atoms with E-state index in [1.807, 2.05) is 0 Å². The van der Waals surface area contributed by atoms with Gasteiger partial charge in [-0.25, -0.2) is 0 Å². The summed E-state index contributed by atoms with van der Waals surface area (Å²) in [4.78, 5) is 13.3. The van der Waals surface area contributed by atoms with Crippen molar-refractivity contribution in [2.24, 2.45) is 56.7 Å². The molecule has 0 aromatic carbocycles. The van der Waals surface area contributed by atoms with E-state index in [2.05, 4.69) is 62.0 Å². The van der Waals surface area contributed by atoms with Gasteiger partial charge in [-0.1, -0.05) is 215 Å². The van der Waals surface area contributed by atoms with Crippen LogP contribution in [0.25, 0.3) is 0 Å². The topological polar surface area (TPSA) is 26.3 Å². The number of hydrogen-bond donors (Lipinski definition) is 0. The molecule has 0 amide bonds. The summed E-state index contributed by atoms with van der Waals surface area (Å²) in [5.74, 6) is 3.89. The molecule has 0 spiro atoms. The van der Waals surface area contributed by atoms with Gasteiger partial charge in [-0.3, -0.25) is 4.79 Å². The fourth-order valence-electron chi connectivity index (χ4n) is 16.3. The van der Waals surface area contributed by atoms with Gasteiger partial charge in [0.15, 0.2) is 0 Å². The maximum absolute atomic E-state index is 13.3. The normalized spacial score (nSPS) is 35.6. The molecule has 0 heterocycles. The molecular formula is C58H104O2. The summed E-state index contributed by atoms with van der Waals surface area (Å²) in [6.07, 6.45) is 49.2. The number of ether oxygens (including phenoxy) is 1. The molecular weight excluding hydrogens is 729 g/mol. The number of rotatable bonds is 28. The van der Waals surface area contributed by atoms with Crippen molar-refractivity contribution in [2.75, 3.05) is 0 Å². The molecule has 0 N–H and O–H groups in total. The van der Waals surface area contributed by atoms with Crippen molar-refractivity contribution in [2.45, 2.75) is 293 Å². The van der Waals surface area contributed by atoms with Crippen LogP contribution in [0.1, 0.15) is 287 Å². The second kappa shape index (κ2) is 23.4. The second-order valence-electron chi connectivity index (χ2n) is 24.4. The second-order valence-corrected chi connectivity index (χ2v) is 24.4. The third kappa shape index (κ3) is 11.9. The lowest BCUT2D eigenvalue weighted by atomic mass is 9.32. The Morgan fingerprint density at radius 1 is 0.517 bits per heavy atom. The third-order valence-corrected chi connectivity index (χ3v) is 20.2. The number of carbonyl (C=O) groups excluding carboxylic acids is 1. The van der Waals surface area contributed by atoms with Gasteiger partial charge in [0.25, 0.3) is 0 Å². The summed E-state index contributed by atoms with van der Waals surface area (Å²) in [7, 11) is 0. The SMILES string of the molecule is C=C(C)[C@@H]1CC[C@]2(C)CC[C@]3(C)[C@H](CC[C@@H]4[C@@]5(C)CC[C@H](OC(=O)CCCCCCCCCCCCCCCCCCCCCCCCCCC)C(C)(C)[C@@H]5CC[C@]43C)[C@@H]12. The molecule has 0 saturated heterocycles.